The second-order valence-corrected chi connectivity index (χ2v) is 10.3. The quantitative estimate of drug-likeness (QED) is 0.496. The van der Waals surface area contributed by atoms with Gasteiger partial charge in [-0.1, -0.05) is 18.2 Å². The average molecular weight is 464 g/mol. The fraction of sp³-hybridized carbons (Fsp3) is 0.455. The van der Waals surface area contributed by atoms with Gasteiger partial charge in [0.05, 0.1) is 17.9 Å². The molecule has 0 spiro atoms. The number of rotatable bonds is 11. The number of aromatic amines is 1. The Hall–Kier alpha value is -2.72. The highest BCUT2D eigenvalue weighted by molar-refractivity contribution is 7.89. The SMILES string of the molecule is O=c1ccn(C/C=C/CCS(=O)(=O)NC2(c3ccc(F)c(OCC4CC4)c3)CC2)c(=O)[nH]1. The van der Waals surface area contributed by atoms with E-state index in [9.17, 15) is 22.4 Å². The zero-order valence-corrected chi connectivity index (χ0v) is 18.4. The summed E-state index contributed by atoms with van der Waals surface area (Å²) in [5.41, 5.74) is -0.991. The maximum atomic E-state index is 14.1. The van der Waals surface area contributed by atoms with E-state index in [0.29, 0.717) is 30.9 Å². The largest absolute Gasteiger partial charge is 0.490 e. The van der Waals surface area contributed by atoms with Crippen LogP contribution in [0.15, 0.2) is 52.2 Å². The van der Waals surface area contributed by atoms with Crippen LogP contribution >= 0.6 is 0 Å². The van der Waals surface area contributed by atoms with Crippen molar-refractivity contribution >= 4 is 10.0 Å². The van der Waals surface area contributed by atoms with Crippen LogP contribution < -0.4 is 20.7 Å². The molecule has 2 fully saturated rings. The standard InChI is InChI=1S/C22H26FN3O5S/c23-18-7-6-17(14-19(18)31-15-16-4-5-16)22(9-10-22)25-32(29,30)13-3-1-2-11-26-12-8-20(27)24-21(26)28/h1-2,6-8,12,14,16,25H,3-5,9-11,13,15H2,(H,24,27,28)/b2-1+. The molecule has 0 unspecified atom stereocenters. The lowest BCUT2D eigenvalue weighted by molar-refractivity contribution is 0.284. The first-order chi connectivity index (χ1) is 15.3. The van der Waals surface area contributed by atoms with Crippen molar-refractivity contribution < 1.29 is 17.5 Å². The van der Waals surface area contributed by atoms with Gasteiger partial charge in [0.15, 0.2) is 11.6 Å². The molecule has 0 saturated heterocycles. The Labute approximate surface area is 185 Å². The predicted octanol–water partition coefficient (Wildman–Crippen LogP) is 2.02. The van der Waals surface area contributed by atoms with Crippen molar-refractivity contribution in [3.05, 3.63) is 74.8 Å². The van der Waals surface area contributed by atoms with Crippen LogP contribution in [0.3, 0.4) is 0 Å². The summed E-state index contributed by atoms with van der Waals surface area (Å²) >= 11 is 0. The van der Waals surface area contributed by atoms with Crippen LogP contribution in [0.1, 0.15) is 37.7 Å². The third-order valence-corrected chi connectivity index (χ3v) is 7.15. The third-order valence-electron chi connectivity index (χ3n) is 5.67. The van der Waals surface area contributed by atoms with Gasteiger partial charge in [-0.15, -0.1) is 0 Å². The Balaban J connectivity index is 1.33. The van der Waals surface area contributed by atoms with Crippen molar-refractivity contribution in [1.29, 1.82) is 0 Å². The normalized spacial score (nSPS) is 17.5. The molecule has 8 nitrogen and oxygen atoms in total. The van der Waals surface area contributed by atoms with Crippen LogP contribution in [0.2, 0.25) is 0 Å². The van der Waals surface area contributed by atoms with Gasteiger partial charge >= 0.3 is 5.69 Å². The molecule has 10 heteroatoms. The number of benzene rings is 1. The molecular weight excluding hydrogens is 437 g/mol. The van der Waals surface area contributed by atoms with E-state index >= 15 is 0 Å². The summed E-state index contributed by atoms with van der Waals surface area (Å²) in [6.45, 7) is 0.711. The lowest BCUT2D eigenvalue weighted by atomic mass is 10.1. The van der Waals surface area contributed by atoms with Crippen LogP contribution in [0.25, 0.3) is 0 Å². The van der Waals surface area contributed by atoms with Crippen molar-refractivity contribution in [3.63, 3.8) is 0 Å². The Morgan fingerprint density at radius 1 is 1.22 bits per heavy atom. The van der Waals surface area contributed by atoms with E-state index in [4.69, 9.17) is 4.74 Å². The molecule has 2 aromatic rings. The fourth-order valence-corrected chi connectivity index (χ4v) is 4.91. The summed E-state index contributed by atoms with van der Waals surface area (Å²) in [7, 11) is -3.57. The summed E-state index contributed by atoms with van der Waals surface area (Å²) < 4.78 is 49.0. The summed E-state index contributed by atoms with van der Waals surface area (Å²) in [5, 5.41) is 0. The van der Waals surface area contributed by atoms with Gasteiger partial charge in [0.1, 0.15) is 0 Å². The summed E-state index contributed by atoms with van der Waals surface area (Å²) in [5.74, 6) is 0.0975. The van der Waals surface area contributed by atoms with Gasteiger partial charge in [-0.2, -0.15) is 0 Å². The zero-order chi connectivity index (χ0) is 22.8. The zero-order valence-electron chi connectivity index (χ0n) is 17.6. The maximum absolute atomic E-state index is 14.1. The minimum atomic E-state index is -3.57. The number of nitrogens with one attached hydrogen (secondary N) is 2. The first-order valence-electron chi connectivity index (χ1n) is 10.7. The molecule has 2 N–H and O–H groups in total. The smallest absolute Gasteiger partial charge is 0.328 e. The highest BCUT2D eigenvalue weighted by atomic mass is 32.2. The first-order valence-corrected chi connectivity index (χ1v) is 12.3. The summed E-state index contributed by atoms with van der Waals surface area (Å²) in [6, 6.07) is 5.79. The molecule has 1 aromatic carbocycles. The number of H-pyrrole nitrogens is 1. The molecule has 2 aliphatic rings. The molecule has 0 radical (unpaired) electrons. The minimum Gasteiger partial charge on any atom is -0.490 e. The number of allylic oxidation sites excluding steroid dienone is 2. The number of aromatic nitrogens is 2. The first kappa shape index (κ1) is 22.5. The van der Waals surface area contributed by atoms with Gasteiger partial charge in [-0.05, 0) is 55.7 Å². The molecule has 2 aliphatic carbocycles. The number of hydrogen-bond donors (Lipinski definition) is 2. The lowest BCUT2D eigenvalue weighted by Gasteiger charge is -2.19. The van der Waals surface area contributed by atoms with Crippen molar-refractivity contribution in [3.8, 4) is 5.75 Å². The average Bonchev–Trinajstić information content (AvgIpc) is 3.65. The maximum Gasteiger partial charge on any atom is 0.328 e. The molecule has 4 rings (SSSR count). The molecule has 2 saturated carbocycles. The highest BCUT2D eigenvalue weighted by Crippen LogP contribution is 2.47. The molecular formula is C22H26FN3O5S. The molecule has 1 aromatic heterocycles. The van der Waals surface area contributed by atoms with Gasteiger partial charge in [0.25, 0.3) is 5.56 Å². The predicted molar refractivity (Wildman–Crippen MR) is 118 cm³/mol. The topological polar surface area (TPSA) is 110 Å². The van der Waals surface area contributed by atoms with E-state index < -0.39 is 32.6 Å². The molecule has 32 heavy (non-hydrogen) atoms. The van der Waals surface area contributed by atoms with E-state index in [0.717, 1.165) is 12.8 Å². The molecule has 0 bridgehead atoms. The second-order valence-electron chi connectivity index (χ2n) is 8.43. The van der Waals surface area contributed by atoms with Gasteiger partial charge < -0.3 is 4.74 Å². The number of ether oxygens (including phenoxy) is 1. The van der Waals surface area contributed by atoms with Crippen molar-refractivity contribution in [1.82, 2.24) is 14.3 Å². The molecule has 1 heterocycles. The van der Waals surface area contributed by atoms with Crippen molar-refractivity contribution in [2.75, 3.05) is 12.4 Å². The highest BCUT2D eigenvalue weighted by Gasteiger charge is 2.47. The van der Waals surface area contributed by atoms with Crippen LogP contribution in [0, 0.1) is 11.7 Å². The Bertz CT molecular complexity index is 1230. The lowest BCUT2D eigenvalue weighted by Crippen LogP contribution is -2.36. The molecule has 0 atom stereocenters. The van der Waals surface area contributed by atoms with Gasteiger partial charge in [0, 0.05) is 18.8 Å². The van der Waals surface area contributed by atoms with Crippen LogP contribution in [-0.4, -0.2) is 30.3 Å². The van der Waals surface area contributed by atoms with Crippen molar-refractivity contribution in [2.45, 2.75) is 44.2 Å². The van der Waals surface area contributed by atoms with E-state index in [2.05, 4.69) is 9.71 Å². The third kappa shape index (κ3) is 5.74. The van der Waals surface area contributed by atoms with Crippen molar-refractivity contribution in [2.24, 2.45) is 5.92 Å². The number of hydrogen-bond acceptors (Lipinski definition) is 5. The Morgan fingerprint density at radius 3 is 2.69 bits per heavy atom. The minimum absolute atomic E-state index is 0.113. The van der Waals surface area contributed by atoms with E-state index in [1.807, 2.05) is 0 Å². The van der Waals surface area contributed by atoms with Gasteiger partial charge in [0.2, 0.25) is 10.0 Å². The summed E-state index contributed by atoms with van der Waals surface area (Å²) in [6.07, 6.45) is 8.48. The molecule has 172 valence electrons. The molecule has 0 amide bonds. The van der Waals surface area contributed by atoms with Crippen LogP contribution in [0.5, 0.6) is 5.75 Å². The molecule has 0 aliphatic heterocycles. The van der Waals surface area contributed by atoms with Gasteiger partial charge in [-0.25, -0.2) is 22.3 Å². The Morgan fingerprint density at radius 2 is 2.00 bits per heavy atom. The summed E-state index contributed by atoms with van der Waals surface area (Å²) in [4.78, 5) is 24.8. The number of sulfonamides is 1. The van der Waals surface area contributed by atoms with Crippen LogP contribution in [0.4, 0.5) is 4.39 Å². The Kier molecular flexibility index (Phi) is 6.34. The number of halogens is 1. The van der Waals surface area contributed by atoms with E-state index in [1.54, 1.807) is 24.3 Å². The van der Waals surface area contributed by atoms with Gasteiger partial charge in [-0.3, -0.25) is 14.3 Å². The van der Waals surface area contributed by atoms with E-state index in [1.165, 1.54) is 22.9 Å². The second kappa shape index (κ2) is 9.03. The van der Waals surface area contributed by atoms with E-state index in [-0.39, 0.29) is 24.5 Å². The monoisotopic (exact) mass is 463 g/mol. The number of nitrogens with zero attached hydrogens (tertiary/aromatic N) is 1. The fourth-order valence-electron chi connectivity index (χ4n) is 3.44. The van der Waals surface area contributed by atoms with Crippen LogP contribution in [-0.2, 0) is 22.1 Å².